The molecule has 1 heterocycles. The lowest BCUT2D eigenvalue weighted by molar-refractivity contribution is 0.135. The highest BCUT2D eigenvalue weighted by atomic mass is 16.5. The van der Waals surface area contributed by atoms with Crippen LogP contribution in [0.5, 0.6) is 0 Å². The molecular formula is C23H30N2O. The van der Waals surface area contributed by atoms with Gasteiger partial charge in [-0.2, -0.15) is 0 Å². The highest BCUT2D eigenvalue weighted by molar-refractivity contribution is 5.59. The van der Waals surface area contributed by atoms with Gasteiger partial charge < -0.3 is 9.64 Å². The van der Waals surface area contributed by atoms with Gasteiger partial charge in [-0.3, -0.25) is 4.99 Å². The maximum absolute atomic E-state index is 5.40. The SMILES string of the molecule is COC[C@@H](N=CN1Cc2ccccc2[C@@H]1Cc1ccccc1)C(C)(C)C. The van der Waals surface area contributed by atoms with Gasteiger partial charge >= 0.3 is 0 Å². The molecule has 0 saturated carbocycles. The fraction of sp³-hybridized carbons (Fsp3) is 0.435. The maximum Gasteiger partial charge on any atom is 0.0862 e. The van der Waals surface area contributed by atoms with E-state index < -0.39 is 0 Å². The minimum absolute atomic E-state index is 0.0774. The third-order valence-corrected chi connectivity index (χ3v) is 5.16. The lowest BCUT2D eigenvalue weighted by Gasteiger charge is -2.28. The van der Waals surface area contributed by atoms with Crippen LogP contribution in [0.1, 0.15) is 43.5 Å². The summed E-state index contributed by atoms with van der Waals surface area (Å²) in [4.78, 5) is 7.30. The molecule has 1 aliphatic rings. The first-order chi connectivity index (χ1) is 12.5. The van der Waals surface area contributed by atoms with Crippen LogP contribution in [0.2, 0.25) is 0 Å². The van der Waals surface area contributed by atoms with Crippen molar-refractivity contribution in [3.63, 3.8) is 0 Å². The fourth-order valence-corrected chi connectivity index (χ4v) is 3.52. The molecule has 2 aromatic rings. The average molecular weight is 351 g/mol. The molecule has 3 heteroatoms. The van der Waals surface area contributed by atoms with Crippen molar-refractivity contribution in [2.75, 3.05) is 13.7 Å². The van der Waals surface area contributed by atoms with E-state index in [-0.39, 0.29) is 11.5 Å². The first-order valence-electron chi connectivity index (χ1n) is 9.38. The summed E-state index contributed by atoms with van der Waals surface area (Å²) in [6.45, 7) is 8.21. The van der Waals surface area contributed by atoms with Gasteiger partial charge in [-0.15, -0.1) is 0 Å². The molecule has 0 radical (unpaired) electrons. The Morgan fingerprint density at radius 1 is 1.12 bits per heavy atom. The van der Waals surface area contributed by atoms with Crippen LogP contribution in [0.4, 0.5) is 0 Å². The predicted molar refractivity (Wildman–Crippen MR) is 108 cm³/mol. The summed E-state index contributed by atoms with van der Waals surface area (Å²) in [7, 11) is 1.75. The third-order valence-electron chi connectivity index (χ3n) is 5.16. The number of fused-ring (bicyclic) bond motifs is 1. The predicted octanol–water partition coefficient (Wildman–Crippen LogP) is 4.88. The van der Waals surface area contributed by atoms with Crippen molar-refractivity contribution in [3.05, 3.63) is 71.3 Å². The van der Waals surface area contributed by atoms with E-state index in [1.165, 1.54) is 16.7 Å². The lowest BCUT2D eigenvalue weighted by atomic mass is 9.88. The first kappa shape index (κ1) is 18.7. The van der Waals surface area contributed by atoms with Crippen LogP contribution >= 0.6 is 0 Å². The minimum Gasteiger partial charge on any atom is -0.382 e. The average Bonchev–Trinajstić information content (AvgIpc) is 2.96. The summed E-state index contributed by atoms with van der Waals surface area (Å²) in [5.74, 6) is 0. The maximum atomic E-state index is 5.40. The Bertz CT molecular complexity index is 733. The number of ether oxygens (including phenoxy) is 1. The van der Waals surface area contributed by atoms with Gasteiger partial charge in [0.25, 0.3) is 0 Å². The second kappa shape index (κ2) is 8.05. The first-order valence-corrected chi connectivity index (χ1v) is 9.38. The van der Waals surface area contributed by atoms with Crippen molar-refractivity contribution >= 4 is 6.34 Å². The Balaban J connectivity index is 1.84. The molecule has 1 aliphatic heterocycles. The smallest absolute Gasteiger partial charge is 0.0862 e. The Morgan fingerprint density at radius 3 is 2.50 bits per heavy atom. The van der Waals surface area contributed by atoms with E-state index in [0.29, 0.717) is 12.6 Å². The van der Waals surface area contributed by atoms with E-state index in [1.54, 1.807) is 7.11 Å². The minimum atomic E-state index is 0.0774. The van der Waals surface area contributed by atoms with Crippen molar-refractivity contribution in [2.24, 2.45) is 10.4 Å². The van der Waals surface area contributed by atoms with Gasteiger partial charge in [0, 0.05) is 13.7 Å². The van der Waals surface area contributed by atoms with Gasteiger partial charge in [0.1, 0.15) is 0 Å². The lowest BCUT2D eigenvalue weighted by Crippen LogP contribution is -2.31. The molecule has 0 amide bonds. The molecular weight excluding hydrogens is 320 g/mol. The normalized spacial score (nSPS) is 18.3. The van der Waals surface area contributed by atoms with Crippen LogP contribution in [0.3, 0.4) is 0 Å². The molecule has 0 N–H and O–H groups in total. The molecule has 0 aromatic heterocycles. The Kier molecular flexibility index (Phi) is 5.77. The van der Waals surface area contributed by atoms with Crippen LogP contribution in [0.25, 0.3) is 0 Å². The summed E-state index contributed by atoms with van der Waals surface area (Å²) in [6.07, 6.45) is 3.05. The molecule has 3 nitrogen and oxygen atoms in total. The van der Waals surface area contributed by atoms with Crippen molar-refractivity contribution in [1.82, 2.24) is 4.90 Å². The summed E-state index contributed by atoms with van der Waals surface area (Å²) < 4.78 is 5.40. The molecule has 26 heavy (non-hydrogen) atoms. The largest absolute Gasteiger partial charge is 0.382 e. The Morgan fingerprint density at radius 2 is 1.81 bits per heavy atom. The zero-order valence-electron chi connectivity index (χ0n) is 16.4. The van der Waals surface area contributed by atoms with Crippen LogP contribution in [0, 0.1) is 5.41 Å². The van der Waals surface area contributed by atoms with E-state index in [0.717, 1.165) is 13.0 Å². The number of rotatable bonds is 6. The molecule has 0 bridgehead atoms. The van der Waals surface area contributed by atoms with Gasteiger partial charge in [0.15, 0.2) is 0 Å². The van der Waals surface area contributed by atoms with Gasteiger partial charge in [-0.25, -0.2) is 0 Å². The highest BCUT2D eigenvalue weighted by Crippen LogP contribution is 2.35. The van der Waals surface area contributed by atoms with Crippen molar-refractivity contribution < 1.29 is 4.74 Å². The number of aliphatic imine (C=N–C) groups is 1. The van der Waals surface area contributed by atoms with Gasteiger partial charge in [0.2, 0.25) is 0 Å². The van der Waals surface area contributed by atoms with Gasteiger partial charge in [-0.05, 0) is 28.5 Å². The third kappa shape index (κ3) is 4.34. The summed E-state index contributed by atoms with van der Waals surface area (Å²) >= 11 is 0. The van der Waals surface area contributed by atoms with Crippen molar-refractivity contribution in [2.45, 2.75) is 45.8 Å². The van der Waals surface area contributed by atoms with E-state index >= 15 is 0 Å². The van der Waals surface area contributed by atoms with E-state index in [9.17, 15) is 0 Å². The summed E-state index contributed by atoms with van der Waals surface area (Å²) in [6, 6.07) is 20.0. The highest BCUT2D eigenvalue weighted by Gasteiger charge is 2.29. The zero-order chi connectivity index (χ0) is 18.6. The van der Waals surface area contributed by atoms with Crippen LogP contribution in [0.15, 0.2) is 59.6 Å². The second-order valence-corrected chi connectivity index (χ2v) is 8.18. The van der Waals surface area contributed by atoms with E-state index in [4.69, 9.17) is 9.73 Å². The van der Waals surface area contributed by atoms with Crippen LogP contribution < -0.4 is 0 Å². The molecule has 2 aromatic carbocycles. The number of methoxy groups -OCH3 is 1. The van der Waals surface area contributed by atoms with E-state index in [2.05, 4.69) is 86.6 Å². The molecule has 0 fully saturated rings. The van der Waals surface area contributed by atoms with Gasteiger partial charge in [-0.1, -0.05) is 75.4 Å². The summed E-state index contributed by atoms with van der Waals surface area (Å²) in [5.41, 5.74) is 4.26. The second-order valence-electron chi connectivity index (χ2n) is 8.18. The number of nitrogens with zero attached hydrogens (tertiary/aromatic N) is 2. The zero-order valence-corrected chi connectivity index (χ0v) is 16.4. The Hall–Kier alpha value is -2.13. The number of benzene rings is 2. The summed E-state index contributed by atoms with van der Waals surface area (Å²) in [5, 5.41) is 0. The molecule has 2 atom stereocenters. The molecule has 3 rings (SSSR count). The van der Waals surface area contributed by atoms with Crippen LogP contribution in [-0.2, 0) is 17.7 Å². The molecule has 0 aliphatic carbocycles. The monoisotopic (exact) mass is 350 g/mol. The topological polar surface area (TPSA) is 24.8 Å². The molecule has 0 spiro atoms. The standard InChI is InChI=1S/C23H30N2O/c1-23(2,3)22(16-26-4)24-17-25-15-19-12-8-9-13-20(19)21(25)14-18-10-6-5-7-11-18/h5-13,17,21-22H,14-16H2,1-4H3/t21-,22+/m0/s1. The quantitative estimate of drug-likeness (QED) is 0.548. The molecule has 0 unspecified atom stereocenters. The fourth-order valence-electron chi connectivity index (χ4n) is 3.52. The number of hydrogen-bond acceptors (Lipinski definition) is 2. The van der Waals surface area contributed by atoms with Crippen molar-refractivity contribution in [3.8, 4) is 0 Å². The van der Waals surface area contributed by atoms with E-state index in [1.807, 2.05) is 0 Å². The van der Waals surface area contributed by atoms with Crippen LogP contribution in [-0.4, -0.2) is 31.0 Å². The molecule has 138 valence electrons. The molecule has 0 saturated heterocycles. The number of hydrogen-bond donors (Lipinski definition) is 0. The Labute approximate surface area is 157 Å². The van der Waals surface area contributed by atoms with Crippen molar-refractivity contribution in [1.29, 1.82) is 0 Å². The van der Waals surface area contributed by atoms with Gasteiger partial charge in [0.05, 0.1) is 25.0 Å².